The van der Waals surface area contributed by atoms with Crippen molar-refractivity contribution in [1.82, 2.24) is 40.5 Å². The standard InChI is InChI=1S/C38H47FN8O7/c1-24(2)36-26(19-34(50)42-15-17-46-22-30(44-45-46)29-9-4-5-13-40-29)11-12-33(49)41-14-6-8-25(3)18-28(48)20-27(39)21-35-43-31(23-53-35)37(51)47-16-7-10-32(47)38(52)54-36/h4-6,8-9,11-13,18,22-24,26-28,32,36,48H,7,10,14-17,19-21H2,1-3H3,(H,41,49)(H,42,50)/b8-6?,12-11+,25-18?/t26-,27+,28+,32+,36+/m0/s1. The Morgan fingerprint density at radius 2 is 2.00 bits per heavy atom. The van der Waals surface area contributed by atoms with Gasteiger partial charge in [0.1, 0.15) is 30.3 Å². The molecule has 5 heterocycles. The Labute approximate surface area is 312 Å². The zero-order chi connectivity index (χ0) is 38.6. The van der Waals surface area contributed by atoms with Gasteiger partial charge in [0.2, 0.25) is 11.8 Å². The van der Waals surface area contributed by atoms with Gasteiger partial charge in [-0.15, -0.1) is 5.10 Å². The van der Waals surface area contributed by atoms with E-state index in [2.05, 4.69) is 30.9 Å². The number of allylic oxidation sites excluding steroid dienone is 2. The molecule has 2 bridgehead atoms. The van der Waals surface area contributed by atoms with Gasteiger partial charge < -0.3 is 29.8 Å². The Kier molecular flexibility index (Phi) is 14.0. The van der Waals surface area contributed by atoms with Crippen molar-refractivity contribution in [3.05, 3.63) is 84.4 Å². The number of hydrogen-bond donors (Lipinski definition) is 3. The van der Waals surface area contributed by atoms with E-state index in [1.165, 1.54) is 17.1 Å². The maximum absolute atomic E-state index is 14.8. The number of alkyl halides is 1. The number of hydrogen-bond acceptors (Lipinski definition) is 11. The molecule has 3 N–H and O–H groups in total. The molecular weight excluding hydrogens is 699 g/mol. The normalized spacial score (nSPS) is 24.0. The van der Waals surface area contributed by atoms with Crippen molar-refractivity contribution in [2.24, 2.45) is 11.8 Å². The van der Waals surface area contributed by atoms with Crippen LogP contribution in [0.15, 0.2) is 77.2 Å². The van der Waals surface area contributed by atoms with Crippen LogP contribution in [-0.4, -0.2) is 103 Å². The van der Waals surface area contributed by atoms with Gasteiger partial charge in [-0.25, -0.2) is 14.2 Å². The molecule has 5 rings (SSSR count). The number of amides is 3. The number of nitrogens with one attached hydrogen (secondary N) is 2. The summed E-state index contributed by atoms with van der Waals surface area (Å²) in [6, 6.07) is 4.56. The van der Waals surface area contributed by atoms with Gasteiger partial charge in [0.25, 0.3) is 5.91 Å². The molecule has 0 aromatic carbocycles. The van der Waals surface area contributed by atoms with Crippen LogP contribution in [0.5, 0.6) is 0 Å². The molecular formula is C38H47FN8O7. The number of carbonyl (C=O) groups excluding carboxylic acids is 4. The summed E-state index contributed by atoms with van der Waals surface area (Å²) in [6.45, 7) is 6.43. The molecule has 0 radical (unpaired) electrons. The average Bonchev–Trinajstić information content (AvgIpc) is 3.92. The Hall–Kier alpha value is -5.51. The molecule has 54 heavy (non-hydrogen) atoms. The number of halogens is 1. The van der Waals surface area contributed by atoms with E-state index in [0.717, 1.165) is 6.26 Å². The summed E-state index contributed by atoms with van der Waals surface area (Å²) in [6.07, 6.45) is 9.16. The first-order valence-electron chi connectivity index (χ1n) is 18.1. The number of aliphatic hydroxyl groups excluding tert-OH is 1. The van der Waals surface area contributed by atoms with Crippen LogP contribution in [0.4, 0.5) is 4.39 Å². The zero-order valence-corrected chi connectivity index (χ0v) is 30.6. The highest BCUT2D eigenvalue weighted by atomic mass is 19.1. The van der Waals surface area contributed by atoms with Crippen LogP contribution >= 0.6 is 0 Å². The van der Waals surface area contributed by atoms with E-state index >= 15 is 0 Å². The quantitative estimate of drug-likeness (QED) is 0.301. The maximum Gasteiger partial charge on any atom is 0.329 e. The largest absolute Gasteiger partial charge is 0.460 e. The van der Waals surface area contributed by atoms with Crippen molar-refractivity contribution in [3.8, 4) is 11.4 Å². The second kappa shape index (κ2) is 19.0. The van der Waals surface area contributed by atoms with E-state index in [4.69, 9.17) is 9.15 Å². The third kappa shape index (κ3) is 11.2. The number of cyclic esters (lactones) is 1. The minimum absolute atomic E-state index is 0.00518. The lowest BCUT2D eigenvalue weighted by atomic mass is 9.89. The Bertz CT molecular complexity index is 1840. The fraction of sp³-hybridized carbons (Fsp3) is 0.474. The molecule has 0 spiro atoms. The van der Waals surface area contributed by atoms with Crippen molar-refractivity contribution >= 4 is 23.7 Å². The molecule has 3 aromatic heterocycles. The topological polar surface area (TPSA) is 195 Å². The first-order valence-corrected chi connectivity index (χ1v) is 18.1. The van der Waals surface area contributed by atoms with Gasteiger partial charge in [0, 0.05) is 44.6 Å². The summed E-state index contributed by atoms with van der Waals surface area (Å²) < 4.78 is 27.9. The van der Waals surface area contributed by atoms with Crippen molar-refractivity contribution in [2.45, 2.75) is 83.8 Å². The highest BCUT2D eigenvalue weighted by Crippen LogP contribution is 2.27. The third-order valence-electron chi connectivity index (χ3n) is 9.06. The van der Waals surface area contributed by atoms with Crippen LogP contribution in [0.1, 0.15) is 62.8 Å². The second-order valence-corrected chi connectivity index (χ2v) is 13.8. The number of rotatable bonds is 7. The number of aliphatic hydroxyl groups is 1. The number of oxazole rings is 1. The molecule has 16 heteroatoms. The van der Waals surface area contributed by atoms with Gasteiger partial charge in [-0.3, -0.25) is 24.0 Å². The Balaban J connectivity index is 1.32. The van der Waals surface area contributed by atoms with Crippen LogP contribution in [0.2, 0.25) is 0 Å². The summed E-state index contributed by atoms with van der Waals surface area (Å²) >= 11 is 0. The molecule has 5 atom stereocenters. The van der Waals surface area contributed by atoms with E-state index < -0.39 is 48.1 Å². The molecule has 1 fully saturated rings. The van der Waals surface area contributed by atoms with Crippen LogP contribution in [0, 0.1) is 11.8 Å². The fourth-order valence-electron chi connectivity index (χ4n) is 6.40. The lowest BCUT2D eigenvalue weighted by Gasteiger charge is -2.30. The summed E-state index contributed by atoms with van der Waals surface area (Å²) in [4.78, 5) is 63.3. The molecule has 1 saturated heterocycles. The van der Waals surface area contributed by atoms with E-state index in [9.17, 15) is 28.7 Å². The lowest BCUT2D eigenvalue weighted by molar-refractivity contribution is -0.159. The monoisotopic (exact) mass is 746 g/mol. The molecule has 3 aromatic rings. The summed E-state index contributed by atoms with van der Waals surface area (Å²) in [7, 11) is 0. The number of ether oxygens (including phenoxy) is 1. The van der Waals surface area contributed by atoms with E-state index in [0.29, 0.717) is 36.3 Å². The molecule has 3 amide bonds. The van der Waals surface area contributed by atoms with Crippen molar-refractivity contribution < 1.29 is 37.8 Å². The van der Waals surface area contributed by atoms with Gasteiger partial charge >= 0.3 is 5.97 Å². The number of carbonyl (C=O) groups is 4. The van der Waals surface area contributed by atoms with Gasteiger partial charge in [-0.05, 0) is 43.9 Å². The second-order valence-electron chi connectivity index (χ2n) is 13.8. The van der Waals surface area contributed by atoms with Crippen LogP contribution < -0.4 is 10.6 Å². The van der Waals surface area contributed by atoms with Crippen LogP contribution in [0.3, 0.4) is 0 Å². The summed E-state index contributed by atoms with van der Waals surface area (Å²) in [5.41, 5.74) is 1.86. The summed E-state index contributed by atoms with van der Waals surface area (Å²) in [5.74, 6) is -2.97. The minimum Gasteiger partial charge on any atom is -0.460 e. The number of pyridine rings is 1. The first kappa shape index (κ1) is 39.7. The lowest BCUT2D eigenvalue weighted by Crippen LogP contribution is -2.44. The number of aromatic nitrogens is 5. The molecule has 2 aliphatic heterocycles. The highest BCUT2D eigenvalue weighted by molar-refractivity contribution is 5.95. The Morgan fingerprint density at radius 3 is 2.78 bits per heavy atom. The number of esters is 1. The zero-order valence-electron chi connectivity index (χ0n) is 30.6. The number of fused-ring (bicyclic) bond motifs is 3. The van der Waals surface area contributed by atoms with Gasteiger partial charge in [0.05, 0.1) is 31.0 Å². The Morgan fingerprint density at radius 1 is 1.17 bits per heavy atom. The predicted octanol–water partition coefficient (Wildman–Crippen LogP) is 3.14. The van der Waals surface area contributed by atoms with Gasteiger partial charge in [-0.1, -0.05) is 55.0 Å². The molecule has 2 aliphatic rings. The highest BCUT2D eigenvalue weighted by Gasteiger charge is 2.39. The van der Waals surface area contributed by atoms with E-state index in [-0.39, 0.29) is 62.3 Å². The predicted molar refractivity (Wildman–Crippen MR) is 194 cm³/mol. The van der Waals surface area contributed by atoms with E-state index in [1.807, 2.05) is 26.0 Å². The van der Waals surface area contributed by atoms with Gasteiger partial charge in [-0.2, -0.15) is 0 Å². The van der Waals surface area contributed by atoms with Crippen molar-refractivity contribution in [1.29, 1.82) is 0 Å². The maximum atomic E-state index is 14.8. The third-order valence-corrected chi connectivity index (χ3v) is 9.06. The van der Waals surface area contributed by atoms with Crippen molar-refractivity contribution in [2.75, 3.05) is 19.6 Å². The minimum atomic E-state index is -1.50. The summed E-state index contributed by atoms with van der Waals surface area (Å²) in [5, 5.41) is 24.3. The molecule has 288 valence electrons. The molecule has 0 unspecified atom stereocenters. The first-order chi connectivity index (χ1) is 26.0. The van der Waals surface area contributed by atoms with Crippen LogP contribution in [0.25, 0.3) is 11.4 Å². The fourth-order valence-corrected chi connectivity index (χ4v) is 6.40. The van der Waals surface area contributed by atoms with Crippen molar-refractivity contribution in [3.63, 3.8) is 0 Å². The van der Waals surface area contributed by atoms with Crippen LogP contribution in [-0.2, 0) is 32.1 Å². The molecule has 0 aliphatic carbocycles. The molecule has 15 nitrogen and oxygen atoms in total. The number of nitrogens with zero attached hydrogens (tertiary/aromatic N) is 6. The smallest absolute Gasteiger partial charge is 0.329 e. The average molecular weight is 747 g/mol. The van der Waals surface area contributed by atoms with Gasteiger partial charge in [0.15, 0.2) is 11.6 Å². The van der Waals surface area contributed by atoms with E-state index in [1.54, 1.807) is 48.3 Å². The SMILES string of the molecule is CC1=C[C@@H](O)C[C@@H](F)Cc2nc(co2)C(=O)N2CCC[C@@H]2C(=O)O[C@H](C(C)C)[C@H](CC(=O)NCCn2cc(-c3ccccn3)nn2)/C=C/C(=O)NCC=C1. The molecule has 0 saturated carbocycles.